The van der Waals surface area contributed by atoms with Gasteiger partial charge in [0.15, 0.2) is 0 Å². The molecule has 1 heterocycles. The van der Waals surface area contributed by atoms with Crippen LogP contribution < -0.4 is 14.4 Å². The number of para-hydroxylation sites is 1. The van der Waals surface area contributed by atoms with Crippen molar-refractivity contribution in [3.8, 4) is 5.75 Å². The lowest BCUT2D eigenvalue weighted by molar-refractivity contribution is -0.140. The van der Waals surface area contributed by atoms with Crippen molar-refractivity contribution in [2.24, 2.45) is 0 Å². The summed E-state index contributed by atoms with van der Waals surface area (Å²) in [5.41, 5.74) is 2.14. The van der Waals surface area contributed by atoms with Gasteiger partial charge in [-0.3, -0.25) is 9.10 Å². The van der Waals surface area contributed by atoms with E-state index in [4.69, 9.17) is 4.74 Å². The lowest BCUT2D eigenvalue weighted by Crippen LogP contribution is -2.27. The average molecular weight is 447 g/mol. The van der Waals surface area contributed by atoms with Gasteiger partial charge >= 0.3 is 5.97 Å². The first-order valence-corrected chi connectivity index (χ1v) is 11.9. The number of carbonyl (C=O) groups is 1. The van der Waals surface area contributed by atoms with Crippen LogP contribution in [-0.2, 0) is 19.6 Å². The monoisotopic (exact) mass is 446 g/mol. The van der Waals surface area contributed by atoms with E-state index < -0.39 is 10.0 Å². The van der Waals surface area contributed by atoms with Crippen molar-refractivity contribution >= 4 is 21.7 Å². The number of benzene rings is 2. The SMILES string of the molecule is COC(=O)CCCCCCNC1c2ccccc2S(=O)(=O)N(C)c2c(OC)cccc21. The van der Waals surface area contributed by atoms with Gasteiger partial charge in [-0.25, -0.2) is 8.42 Å². The maximum absolute atomic E-state index is 13.3. The smallest absolute Gasteiger partial charge is 0.305 e. The number of rotatable bonds is 9. The molecule has 0 saturated carbocycles. The standard InChI is InChI=1S/C23H30N2O5S/c1-25-23-18(12-10-13-19(23)29-2)22(17-11-7-8-14-20(17)31(25,27)28)24-16-9-5-4-6-15-21(26)30-3/h7-8,10-14,22,24H,4-6,9,15-16H2,1-3H3. The van der Waals surface area contributed by atoms with Crippen molar-refractivity contribution in [2.75, 3.05) is 32.1 Å². The van der Waals surface area contributed by atoms with Gasteiger partial charge in [-0.2, -0.15) is 0 Å². The number of ether oxygens (including phenoxy) is 2. The zero-order valence-electron chi connectivity index (χ0n) is 18.3. The molecule has 2 aromatic carbocycles. The first kappa shape index (κ1) is 23.1. The van der Waals surface area contributed by atoms with Crippen LogP contribution >= 0.6 is 0 Å². The van der Waals surface area contributed by atoms with Gasteiger partial charge in [0.2, 0.25) is 0 Å². The van der Waals surface area contributed by atoms with E-state index in [1.807, 2.05) is 24.3 Å². The molecule has 8 heteroatoms. The lowest BCUT2D eigenvalue weighted by atomic mass is 9.96. The van der Waals surface area contributed by atoms with Crippen LogP contribution in [-0.4, -0.2) is 42.2 Å². The Balaban J connectivity index is 1.83. The highest BCUT2D eigenvalue weighted by molar-refractivity contribution is 7.92. The summed E-state index contributed by atoms with van der Waals surface area (Å²) in [5.74, 6) is 0.343. The highest BCUT2D eigenvalue weighted by Gasteiger charge is 2.36. The lowest BCUT2D eigenvalue weighted by Gasteiger charge is -2.24. The summed E-state index contributed by atoms with van der Waals surface area (Å²) >= 11 is 0. The van der Waals surface area contributed by atoms with E-state index in [1.54, 1.807) is 32.4 Å². The van der Waals surface area contributed by atoms with Crippen LogP contribution in [0.2, 0.25) is 0 Å². The Morgan fingerprint density at radius 1 is 1.00 bits per heavy atom. The van der Waals surface area contributed by atoms with E-state index in [0.29, 0.717) is 22.8 Å². The Labute approximate surface area is 184 Å². The molecule has 0 spiro atoms. The van der Waals surface area contributed by atoms with Crippen LogP contribution in [0.3, 0.4) is 0 Å². The summed E-state index contributed by atoms with van der Waals surface area (Å²) in [7, 11) is 0.797. The zero-order valence-corrected chi connectivity index (χ0v) is 19.1. The first-order valence-electron chi connectivity index (χ1n) is 10.5. The number of anilines is 1. The summed E-state index contributed by atoms with van der Waals surface area (Å²) in [6, 6.07) is 12.4. The minimum absolute atomic E-state index is 0.177. The van der Waals surface area contributed by atoms with Crippen LogP contribution in [0.5, 0.6) is 5.75 Å². The number of hydrogen-bond acceptors (Lipinski definition) is 6. The van der Waals surface area contributed by atoms with Gasteiger partial charge in [-0.1, -0.05) is 43.2 Å². The van der Waals surface area contributed by atoms with Crippen molar-refractivity contribution in [3.63, 3.8) is 0 Å². The molecule has 1 atom stereocenters. The largest absolute Gasteiger partial charge is 0.495 e. The van der Waals surface area contributed by atoms with Crippen LogP contribution in [0.15, 0.2) is 47.4 Å². The molecule has 1 N–H and O–H groups in total. The molecule has 7 nitrogen and oxygen atoms in total. The molecule has 1 aliphatic heterocycles. The molecule has 0 aromatic heterocycles. The van der Waals surface area contributed by atoms with E-state index in [-0.39, 0.29) is 12.0 Å². The normalized spacial score (nSPS) is 16.7. The number of hydrogen-bond donors (Lipinski definition) is 1. The van der Waals surface area contributed by atoms with Gasteiger partial charge in [0, 0.05) is 19.0 Å². The van der Waals surface area contributed by atoms with Gasteiger partial charge in [0.1, 0.15) is 5.75 Å². The predicted octanol–water partition coefficient (Wildman–Crippen LogP) is 3.64. The highest BCUT2D eigenvalue weighted by Crippen LogP contribution is 2.44. The molecule has 2 aromatic rings. The number of fused-ring (bicyclic) bond motifs is 2. The molecule has 0 radical (unpaired) electrons. The number of nitrogens with one attached hydrogen (secondary N) is 1. The molecule has 0 bridgehead atoms. The fourth-order valence-corrected chi connectivity index (χ4v) is 5.44. The third kappa shape index (κ3) is 4.85. The number of nitrogens with zero attached hydrogens (tertiary/aromatic N) is 1. The molecule has 168 valence electrons. The second-order valence-electron chi connectivity index (χ2n) is 7.54. The van der Waals surface area contributed by atoms with Crippen LogP contribution in [0, 0.1) is 0 Å². The highest BCUT2D eigenvalue weighted by atomic mass is 32.2. The average Bonchev–Trinajstić information content (AvgIpc) is 2.85. The molecule has 3 rings (SSSR count). The fraction of sp³-hybridized carbons (Fsp3) is 0.435. The molecular weight excluding hydrogens is 416 g/mol. The Bertz CT molecular complexity index is 1020. The second-order valence-corrected chi connectivity index (χ2v) is 9.47. The van der Waals surface area contributed by atoms with Gasteiger partial charge in [0.05, 0.1) is 30.8 Å². The first-order chi connectivity index (χ1) is 14.9. The van der Waals surface area contributed by atoms with Gasteiger partial charge in [-0.05, 0) is 37.1 Å². The zero-order chi connectivity index (χ0) is 22.4. The predicted molar refractivity (Wildman–Crippen MR) is 120 cm³/mol. The summed E-state index contributed by atoms with van der Waals surface area (Å²) in [5, 5.41) is 3.56. The third-order valence-corrected chi connectivity index (χ3v) is 7.46. The van der Waals surface area contributed by atoms with E-state index in [0.717, 1.165) is 43.4 Å². The molecule has 31 heavy (non-hydrogen) atoms. The summed E-state index contributed by atoms with van der Waals surface area (Å²) < 4.78 is 38.2. The van der Waals surface area contributed by atoms with E-state index in [1.165, 1.54) is 11.4 Å². The van der Waals surface area contributed by atoms with Crippen molar-refractivity contribution in [2.45, 2.75) is 43.0 Å². The summed E-state index contributed by atoms with van der Waals surface area (Å²) in [4.78, 5) is 11.5. The third-order valence-electron chi connectivity index (χ3n) is 5.63. The van der Waals surface area contributed by atoms with Crippen LogP contribution in [0.1, 0.15) is 49.3 Å². The molecule has 0 saturated heterocycles. The van der Waals surface area contributed by atoms with Crippen LogP contribution in [0.25, 0.3) is 0 Å². The summed E-state index contributed by atoms with van der Waals surface area (Å²) in [6.45, 7) is 0.720. The molecule has 0 fully saturated rings. The molecule has 0 amide bonds. The van der Waals surface area contributed by atoms with Crippen molar-refractivity contribution in [1.82, 2.24) is 5.32 Å². The molecular formula is C23H30N2O5S. The maximum Gasteiger partial charge on any atom is 0.305 e. The Morgan fingerprint density at radius 2 is 1.71 bits per heavy atom. The number of methoxy groups -OCH3 is 2. The van der Waals surface area contributed by atoms with E-state index >= 15 is 0 Å². The topological polar surface area (TPSA) is 84.9 Å². The van der Waals surface area contributed by atoms with Crippen LogP contribution in [0.4, 0.5) is 5.69 Å². The number of esters is 1. The number of sulfonamides is 1. The molecule has 0 aliphatic carbocycles. The fourth-order valence-electron chi connectivity index (χ4n) is 3.98. The maximum atomic E-state index is 13.3. The number of unbranched alkanes of at least 4 members (excludes halogenated alkanes) is 3. The Morgan fingerprint density at radius 3 is 2.45 bits per heavy atom. The van der Waals surface area contributed by atoms with E-state index in [9.17, 15) is 13.2 Å². The number of carbonyl (C=O) groups excluding carboxylic acids is 1. The van der Waals surface area contributed by atoms with Crippen molar-refractivity contribution < 1.29 is 22.7 Å². The second kappa shape index (κ2) is 10.2. The quantitative estimate of drug-likeness (QED) is 0.468. The van der Waals surface area contributed by atoms with Crippen molar-refractivity contribution in [3.05, 3.63) is 53.6 Å². The summed E-state index contributed by atoms with van der Waals surface area (Å²) in [6.07, 6.45) is 4.09. The van der Waals surface area contributed by atoms with Gasteiger partial charge in [-0.15, -0.1) is 0 Å². The van der Waals surface area contributed by atoms with E-state index in [2.05, 4.69) is 10.1 Å². The minimum atomic E-state index is -3.72. The Kier molecular flexibility index (Phi) is 7.56. The molecule has 1 aliphatic rings. The minimum Gasteiger partial charge on any atom is -0.495 e. The Hall–Kier alpha value is -2.58. The van der Waals surface area contributed by atoms with Gasteiger partial charge in [0.25, 0.3) is 10.0 Å². The van der Waals surface area contributed by atoms with Gasteiger partial charge < -0.3 is 14.8 Å². The molecule has 1 unspecified atom stereocenters. The van der Waals surface area contributed by atoms with Crippen molar-refractivity contribution in [1.29, 1.82) is 0 Å².